The highest BCUT2D eigenvalue weighted by Gasteiger charge is 2.17. The number of pyridine rings is 1. The lowest BCUT2D eigenvalue weighted by Crippen LogP contribution is -2.36. The average Bonchev–Trinajstić information content (AvgIpc) is 2.12. The Morgan fingerprint density at radius 1 is 1.23 bits per heavy atom. The summed E-state index contributed by atoms with van der Waals surface area (Å²) in [6.45, 7) is 2.07. The number of nitrogens with two attached hydrogens (primary N) is 1. The van der Waals surface area contributed by atoms with Crippen molar-refractivity contribution in [1.82, 2.24) is 4.98 Å². The number of hydrogen-bond donors (Lipinski definition) is 1. The molecule has 70 valence electrons. The van der Waals surface area contributed by atoms with E-state index in [4.69, 9.17) is 5.73 Å². The first-order valence-electron chi connectivity index (χ1n) is 4.36. The number of aromatic nitrogens is 1. The molecule has 13 heavy (non-hydrogen) atoms. The normalized spacial score (nSPS) is 15.8. The molecule has 2 rings (SSSR count). The molecule has 0 aliphatic carbocycles. The first kappa shape index (κ1) is 8.16. The van der Waals surface area contributed by atoms with E-state index in [1.165, 1.54) is 5.69 Å². The standard InChI is InChI=1S/C9H14N4/c1-12-3-4-13(2)8-6-11-9(10)5-7(8)12/h5-6H,3-4H2,1-2H3,(H2,10,11). The van der Waals surface area contributed by atoms with Crippen LogP contribution in [0.1, 0.15) is 0 Å². The van der Waals surface area contributed by atoms with E-state index < -0.39 is 0 Å². The maximum atomic E-state index is 5.63. The van der Waals surface area contributed by atoms with Gasteiger partial charge in [-0.1, -0.05) is 0 Å². The van der Waals surface area contributed by atoms with Crippen LogP contribution in [0, 0.1) is 0 Å². The van der Waals surface area contributed by atoms with Crippen molar-refractivity contribution in [2.45, 2.75) is 0 Å². The van der Waals surface area contributed by atoms with Gasteiger partial charge in [0.05, 0.1) is 17.6 Å². The number of rotatable bonds is 0. The van der Waals surface area contributed by atoms with Crippen LogP contribution in [0.3, 0.4) is 0 Å². The zero-order valence-corrected chi connectivity index (χ0v) is 7.99. The van der Waals surface area contributed by atoms with Crippen molar-refractivity contribution in [3.63, 3.8) is 0 Å². The van der Waals surface area contributed by atoms with Gasteiger partial charge in [-0.3, -0.25) is 0 Å². The summed E-state index contributed by atoms with van der Waals surface area (Å²) in [4.78, 5) is 8.48. The van der Waals surface area contributed by atoms with Gasteiger partial charge >= 0.3 is 0 Å². The van der Waals surface area contributed by atoms with Gasteiger partial charge in [0.2, 0.25) is 0 Å². The molecule has 1 aliphatic rings. The molecule has 0 aromatic carbocycles. The van der Waals surface area contributed by atoms with Crippen LogP contribution < -0.4 is 15.5 Å². The summed E-state index contributed by atoms with van der Waals surface area (Å²) >= 11 is 0. The molecule has 0 unspecified atom stereocenters. The predicted octanol–water partition coefficient (Wildman–Crippen LogP) is 0.550. The second-order valence-corrected chi connectivity index (χ2v) is 3.44. The van der Waals surface area contributed by atoms with Crippen LogP contribution >= 0.6 is 0 Å². The van der Waals surface area contributed by atoms with Gasteiger partial charge in [-0.25, -0.2) is 4.98 Å². The molecule has 0 radical (unpaired) electrons. The summed E-state index contributed by atoms with van der Waals surface area (Å²) < 4.78 is 0. The molecule has 0 fully saturated rings. The minimum atomic E-state index is 0.584. The first-order chi connectivity index (χ1) is 6.18. The van der Waals surface area contributed by atoms with E-state index in [1.54, 1.807) is 0 Å². The molecule has 1 aromatic rings. The molecule has 4 nitrogen and oxygen atoms in total. The van der Waals surface area contributed by atoms with Gasteiger partial charge in [0.1, 0.15) is 5.82 Å². The lowest BCUT2D eigenvalue weighted by molar-refractivity contribution is 0.795. The predicted molar refractivity (Wildman–Crippen MR) is 55.2 cm³/mol. The van der Waals surface area contributed by atoms with Crippen molar-refractivity contribution in [3.8, 4) is 0 Å². The lowest BCUT2D eigenvalue weighted by atomic mass is 10.2. The van der Waals surface area contributed by atoms with E-state index in [9.17, 15) is 0 Å². The summed E-state index contributed by atoms with van der Waals surface area (Å²) in [5, 5.41) is 0. The minimum Gasteiger partial charge on any atom is -0.384 e. The molecule has 0 saturated carbocycles. The van der Waals surface area contributed by atoms with E-state index >= 15 is 0 Å². The third kappa shape index (κ3) is 1.28. The molecule has 1 aromatic heterocycles. The molecule has 0 spiro atoms. The van der Waals surface area contributed by atoms with Crippen molar-refractivity contribution in [1.29, 1.82) is 0 Å². The topological polar surface area (TPSA) is 45.4 Å². The average molecular weight is 178 g/mol. The van der Waals surface area contributed by atoms with Crippen LogP contribution in [-0.4, -0.2) is 32.2 Å². The van der Waals surface area contributed by atoms with Crippen molar-refractivity contribution in [2.24, 2.45) is 0 Å². The highest BCUT2D eigenvalue weighted by molar-refractivity contribution is 5.74. The van der Waals surface area contributed by atoms with Gasteiger partial charge in [0.15, 0.2) is 0 Å². The van der Waals surface area contributed by atoms with Crippen molar-refractivity contribution >= 4 is 17.2 Å². The second kappa shape index (κ2) is 2.80. The summed E-state index contributed by atoms with van der Waals surface area (Å²) in [7, 11) is 4.15. The fourth-order valence-electron chi connectivity index (χ4n) is 1.59. The fourth-order valence-corrected chi connectivity index (χ4v) is 1.59. The number of nitrogens with zero attached hydrogens (tertiary/aromatic N) is 3. The van der Waals surface area contributed by atoms with Crippen LogP contribution in [0.5, 0.6) is 0 Å². The first-order valence-corrected chi connectivity index (χ1v) is 4.36. The molecule has 0 amide bonds. The van der Waals surface area contributed by atoms with Crippen LogP contribution in [0.2, 0.25) is 0 Å². The second-order valence-electron chi connectivity index (χ2n) is 3.44. The maximum absolute atomic E-state index is 5.63. The zero-order chi connectivity index (χ0) is 9.42. The van der Waals surface area contributed by atoms with Crippen molar-refractivity contribution in [3.05, 3.63) is 12.3 Å². The van der Waals surface area contributed by atoms with Gasteiger partial charge in [0, 0.05) is 33.3 Å². The summed E-state index contributed by atoms with van der Waals surface area (Å²) in [5.74, 6) is 0.584. The lowest BCUT2D eigenvalue weighted by Gasteiger charge is -2.34. The molecule has 0 atom stereocenters. The molecular weight excluding hydrogens is 164 g/mol. The van der Waals surface area contributed by atoms with Crippen molar-refractivity contribution in [2.75, 3.05) is 42.7 Å². The maximum Gasteiger partial charge on any atom is 0.125 e. The largest absolute Gasteiger partial charge is 0.384 e. The molecule has 4 heteroatoms. The van der Waals surface area contributed by atoms with E-state index in [1.807, 2.05) is 12.3 Å². The summed E-state index contributed by atoms with van der Waals surface area (Å²) in [6.07, 6.45) is 1.83. The monoisotopic (exact) mass is 178 g/mol. The van der Waals surface area contributed by atoms with Gasteiger partial charge in [-0.2, -0.15) is 0 Å². The Hall–Kier alpha value is -1.45. The van der Waals surface area contributed by atoms with Crippen LogP contribution in [-0.2, 0) is 0 Å². The van der Waals surface area contributed by atoms with Crippen LogP contribution in [0.4, 0.5) is 17.2 Å². The number of fused-ring (bicyclic) bond motifs is 1. The summed E-state index contributed by atoms with van der Waals surface area (Å²) in [5.41, 5.74) is 7.96. The molecule has 0 bridgehead atoms. The Morgan fingerprint density at radius 2 is 1.85 bits per heavy atom. The highest BCUT2D eigenvalue weighted by Crippen LogP contribution is 2.31. The molecule has 0 saturated heterocycles. The highest BCUT2D eigenvalue weighted by atomic mass is 15.2. The summed E-state index contributed by atoms with van der Waals surface area (Å²) in [6, 6.07) is 1.92. The van der Waals surface area contributed by atoms with E-state index in [-0.39, 0.29) is 0 Å². The van der Waals surface area contributed by atoms with Crippen molar-refractivity contribution < 1.29 is 0 Å². The van der Waals surface area contributed by atoms with Gasteiger partial charge in [0.25, 0.3) is 0 Å². The molecule has 1 aliphatic heterocycles. The van der Waals surface area contributed by atoms with Crippen LogP contribution in [0.15, 0.2) is 12.3 Å². The molecular formula is C9H14N4. The quantitative estimate of drug-likeness (QED) is 0.630. The molecule has 2 heterocycles. The Kier molecular flexibility index (Phi) is 1.76. The van der Waals surface area contributed by atoms with Gasteiger partial charge in [-0.15, -0.1) is 0 Å². The third-order valence-electron chi connectivity index (χ3n) is 2.48. The minimum absolute atomic E-state index is 0.584. The Balaban J connectivity index is 2.50. The SMILES string of the molecule is CN1CCN(C)c2cc(N)ncc21. The number of anilines is 3. The van der Waals surface area contributed by atoms with Crippen LogP contribution in [0.25, 0.3) is 0 Å². The van der Waals surface area contributed by atoms with E-state index in [0.717, 1.165) is 18.8 Å². The number of hydrogen-bond acceptors (Lipinski definition) is 4. The smallest absolute Gasteiger partial charge is 0.125 e. The van der Waals surface area contributed by atoms with Gasteiger partial charge < -0.3 is 15.5 Å². The third-order valence-corrected chi connectivity index (χ3v) is 2.48. The Bertz CT molecular complexity index is 323. The fraction of sp³-hybridized carbons (Fsp3) is 0.444. The van der Waals surface area contributed by atoms with E-state index in [0.29, 0.717) is 5.82 Å². The molecule has 2 N–H and O–H groups in total. The zero-order valence-electron chi connectivity index (χ0n) is 7.99. The van der Waals surface area contributed by atoms with E-state index in [2.05, 4.69) is 28.9 Å². The van der Waals surface area contributed by atoms with Gasteiger partial charge in [-0.05, 0) is 0 Å². The Labute approximate surface area is 78.0 Å². The number of nitrogen functional groups attached to an aromatic ring is 1. The Morgan fingerprint density at radius 3 is 2.54 bits per heavy atom. The number of likely N-dealkylation sites (N-methyl/N-ethyl adjacent to an activating group) is 2.